The Morgan fingerprint density at radius 1 is 1.09 bits per heavy atom. The van der Waals surface area contributed by atoms with E-state index in [4.69, 9.17) is 16.3 Å². The molecule has 186 valence electrons. The lowest BCUT2D eigenvalue weighted by molar-refractivity contribution is 0.100. The van der Waals surface area contributed by atoms with E-state index in [-0.39, 0.29) is 19.3 Å². The molecule has 2 heterocycles. The zero-order valence-corrected chi connectivity index (χ0v) is 20.6. The lowest BCUT2D eigenvalue weighted by atomic mass is 10.0. The molecule has 1 aliphatic heterocycles. The lowest BCUT2D eigenvalue weighted by Gasteiger charge is -2.44. The molecule has 0 bridgehead atoms. The molecule has 0 saturated carbocycles. The summed E-state index contributed by atoms with van der Waals surface area (Å²) in [6.45, 7) is 4.48. The molecule has 3 N–H and O–H groups in total. The zero-order valence-electron chi connectivity index (χ0n) is 19.8. The second-order valence-corrected chi connectivity index (χ2v) is 9.32. The second-order valence-electron chi connectivity index (χ2n) is 8.91. The van der Waals surface area contributed by atoms with Gasteiger partial charge in [-0.3, -0.25) is 9.88 Å². The largest absolute Gasteiger partial charge is 0.491 e. The molecule has 0 amide bonds. The number of nitrogens with zero attached hydrogens (tertiary/aromatic N) is 3. The molecule has 3 atom stereocenters. The van der Waals surface area contributed by atoms with Crippen LogP contribution in [0.15, 0.2) is 66.9 Å². The van der Waals surface area contributed by atoms with Gasteiger partial charge in [-0.25, -0.2) is 0 Å². The number of anilines is 1. The highest BCUT2D eigenvalue weighted by atomic mass is 35.5. The molecular weight excluding hydrogens is 466 g/mol. The van der Waals surface area contributed by atoms with Crippen LogP contribution in [0, 0.1) is 0 Å². The van der Waals surface area contributed by atoms with E-state index in [1.54, 1.807) is 25.3 Å². The first-order valence-corrected chi connectivity index (χ1v) is 12.2. The van der Waals surface area contributed by atoms with Gasteiger partial charge in [0.15, 0.2) is 0 Å². The molecule has 1 saturated heterocycles. The fraction of sp³-hybridized carbons (Fsp3) is 0.370. The molecule has 2 aromatic carbocycles. The fourth-order valence-corrected chi connectivity index (χ4v) is 4.64. The molecule has 35 heavy (non-hydrogen) atoms. The number of benzene rings is 2. The van der Waals surface area contributed by atoms with Gasteiger partial charge >= 0.3 is 0 Å². The maximum atomic E-state index is 10.8. The minimum absolute atomic E-state index is 0.0498. The van der Waals surface area contributed by atoms with E-state index in [0.717, 1.165) is 30.9 Å². The van der Waals surface area contributed by atoms with Gasteiger partial charge in [-0.05, 0) is 30.7 Å². The average Bonchev–Trinajstić information content (AvgIpc) is 2.88. The van der Waals surface area contributed by atoms with Crippen LogP contribution in [0.25, 0.3) is 0 Å². The Hall–Kier alpha value is -2.68. The Bertz CT molecular complexity index is 1080. The maximum Gasteiger partial charge on any atom is 0.121 e. The Morgan fingerprint density at radius 2 is 1.89 bits per heavy atom. The van der Waals surface area contributed by atoms with Crippen molar-refractivity contribution < 1.29 is 20.1 Å². The summed E-state index contributed by atoms with van der Waals surface area (Å²) in [5.74, 6) is 0.624. The van der Waals surface area contributed by atoms with Gasteiger partial charge in [-0.15, -0.1) is 0 Å². The van der Waals surface area contributed by atoms with Crippen LogP contribution in [0.3, 0.4) is 0 Å². The van der Waals surface area contributed by atoms with Crippen LogP contribution < -0.4 is 9.64 Å². The summed E-state index contributed by atoms with van der Waals surface area (Å²) in [6.07, 6.45) is 0.400. The first-order chi connectivity index (χ1) is 16.9. The quantitative estimate of drug-likeness (QED) is 0.416. The minimum atomic E-state index is -0.674. The molecule has 0 aliphatic carbocycles. The van der Waals surface area contributed by atoms with E-state index >= 15 is 0 Å². The van der Waals surface area contributed by atoms with Gasteiger partial charge in [0.1, 0.15) is 12.4 Å². The third-order valence-electron chi connectivity index (χ3n) is 6.19. The molecule has 1 fully saturated rings. The van der Waals surface area contributed by atoms with E-state index in [1.165, 1.54) is 5.56 Å². The topological polar surface area (TPSA) is 89.3 Å². The summed E-state index contributed by atoms with van der Waals surface area (Å²) in [4.78, 5) is 8.75. The molecule has 1 aromatic heterocycles. The number of β-amino-alcohol motifs (C(OH)–C–C–N with tert-alkyl or cyclic N) is 1. The van der Waals surface area contributed by atoms with Gasteiger partial charge in [0.2, 0.25) is 0 Å². The normalized spacial score (nSPS) is 18.3. The van der Waals surface area contributed by atoms with Crippen molar-refractivity contribution >= 4 is 17.3 Å². The van der Waals surface area contributed by atoms with E-state index < -0.39 is 12.2 Å². The van der Waals surface area contributed by atoms with Gasteiger partial charge in [0, 0.05) is 44.0 Å². The molecule has 8 heteroatoms. The Labute approximate surface area is 211 Å². The second kappa shape index (κ2) is 11.8. The van der Waals surface area contributed by atoms with Gasteiger partial charge in [-0.2, -0.15) is 0 Å². The van der Waals surface area contributed by atoms with Crippen molar-refractivity contribution in [3.63, 3.8) is 0 Å². The number of aliphatic hydroxyl groups is 3. The third kappa shape index (κ3) is 6.51. The summed E-state index contributed by atoms with van der Waals surface area (Å²) in [6, 6.07) is 19.5. The highest BCUT2D eigenvalue weighted by Crippen LogP contribution is 2.37. The number of halogens is 1. The number of ether oxygens (including phenoxy) is 1. The van der Waals surface area contributed by atoms with Crippen molar-refractivity contribution in [1.29, 1.82) is 0 Å². The number of hydrogen-bond donors (Lipinski definition) is 3. The molecule has 4 rings (SSSR count). The first-order valence-electron chi connectivity index (χ1n) is 11.8. The van der Waals surface area contributed by atoms with E-state index in [1.807, 2.05) is 36.4 Å². The van der Waals surface area contributed by atoms with Gasteiger partial charge in [0.25, 0.3) is 0 Å². The number of rotatable bonds is 9. The Balaban J connectivity index is 1.51. The number of piperazine rings is 1. The van der Waals surface area contributed by atoms with Gasteiger partial charge in [0.05, 0.1) is 41.3 Å². The standard InChI is InChI=1S/C27H32ClN3O4/c1-19(33)18-35-23-9-10-25(24(28)13-23)31-12-11-30(15-26(31)20-5-3-2-4-6-20)16-27(34)21-7-8-22(17-32)29-14-21/h2-10,13-14,19,26-27,32-34H,11-12,15-18H2,1H3/t19?,26-,27?/m0/s1. The Morgan fingerprint density at radius 3 is 2.54 bits per heavy atom. The average molecular weight is 498 g/mol. The summed E-state index contributed by atoms with van der Waals surface area (Å²) < 4.78 is 5.61. The maximum absolute atomic E-state index is 10.8. The Kier molecular flexibility index (Phi) is 8.59. The van der Waals surface area contributed by atoms with Crippen molar-refractivity contribution in [3.8, 4) is 5.75 Å². The number of aromatic nitrogens is 1. The SMILES string of the molecule is CC(O)COc1ccc(N2CCN(CC(O)c3ccc(CO)nc3)C[C@H]2c2ccccc2)c(Cl)c1. The van der Waals surface area contributed by atoms with Crippen molar-refractivity contribution in [1.82, 2.24) is 9.88 Å². The zero-order chi connectivity index (χ0) is 24.8. The van der Waals surface area contributed by atoms with Gasteiger partial charge < -0.3 is 25.0 Å². The fourth-order valence-electron chi connectivity index (χ4n) is 4.36. The molecule has 1 aliphatic rings. The molecule has 0 spiro atoms. The van der Waals surface area contributed by atoms with Crippen molar-refractivity contribution in [2.45, 2.75) is 31.8 Å². The predicted octanol–water partition coefficient (Wildman–Crippen LogP) is 3.58. The summed E-state index contributed by atoms with van der Waals surface area (Å²) >= 11 is 6.69. The summed E-state index contributed by atoms with van der Waals surface area (Å²) in [7, 11) is 0. The predicted molar refractivity (Wildman–Crippen MR) is 137 cm³/mol. The third-order valence-corrected chi connectivity index (χ3v) is 6.50. The van der Waals surface area contributed by atoms with E-state index in [2.05, 4.69) is 26.9 Å². The van der Waals surface area contributed by atoms with Crippen LogP contribution in [0.2, 0.25) is 5.02 Å². The summed E-state index contributed by atoms with van der Waals surface area (Å²) in [5, 5.41) is 30.1. The van der Waals surface area contributed by atoms with Gasteiger partial charge in [-0.1, -0.05) is 48.0 Å². The molecule has 0 radical (unpaired) electrons. The van der Waals surface area contributed by atoms with Crippen LogP contribution in [0.5, 0.6) is 5.75 Å². The molecule has 7 nitrogen and oxygen atoms in total. The minimum Gasteiger partial charge on any atom is -0.491 e. The van der Waals surface area contributed by atoms with Crippen LogP contribution in [0.1, 0.15) is 35.9 Å². The number of pyridine rings is 1. The van der Waals surface area contributed by atoms with E-state index in [0.29, 0.717) is 23.0 Å². The molecule has 3 aromatic rings. The highest BCUT2D eigenvalue weighted by Gasteiger charge is 2.30. The first kappa shape index (κ1) is 25.4. The van der Waals surface area contributed by atoms with Crippen LogP contribution in [-0.2, 0) is 6.61 Å². The monoisotopic (exact) mass is 497 g/mol. The summed E-state index contributed by atoms with van der Waals surface area (Å²) in [5.41, 5.74) is 3.41. The van der Waals surface area contributed by atoms with Crippen molar-refractivity contribution in [2.75, 3.05) is 37.7 Å². The highest BCUT2D eigenvalue weighted by molar-refractivity contribution is 6.33. The number of aliphatic hydroxyl groups excluding tert-OH is 3. The lowest BCUT2D eigenvalue weighted by Crippen LogP contribution is -2.49. The van der Waals surface area contributed by atoms with Crippen molar-refractivity contribution in [2.24, 2.45) is 0 Å². The van der Waals surface area contributed by atoms with Crippen LogP contribution in [0.4, 0.5) is 5.69 Å². The smallest absolute Gasteiger partial charge is 0.121 e. The molecular formula is C27H32ClN3O4. The van der Waals surface area contributed by atoms with Crippen LogP contribution in [-0.4, -0.2) is 64.1 Å². The van der Waals surface area contributed by atoms with Crippen LogP contribution >= 0.6 is 11.6 Å². The van der Waals surface area contributed by atoms with E-state index in [9.17, 15) is 15.3 Å². The molecule has 2 unspecified atom stereocenters. The van der Waals surface area contributed by atoms with Crippen molar-refractivity contribution in [3.05, 3.63) is 88.7 Å². The number of hydrogen-bond acceptors (Lipinski definition) is 7.